The van der Waals surface area contributed by atoms with Crippen molar-refractivity contribution in [2.24, 2.45) is 4.99 Å². The normalized spacial score (nSPS) is 12.6. The monoisotopic (exact) mass is 389 g/mol. The summed E-state index contributed by atoms with van der Waals surface area (Å²) in [6.07, 6.45) is -0.849. The lowest BCUT2D eigenvalue weighted by Gasteiger charge is -2.22. The molecule has 28 heavy (non-hydrogen) atoms. The first-order valence-corrected chi connectivity index (χ1v) is 8.66. The van der Waals surface area contributed by atoms with E-state index in [1.54, 1.807) is 19.1 Å². The number of hydrogen-bond acceptors (Lipinski definition) is 5. The highest BCUT2D eigenvalue weighted by molar-refractivity contribution is 6.13. The number of aliphatic imine (C=N–C) groups is 1. The van der Waals surface area contributed by atoms with Gasteiger partial charge in [-0.1, -0.05) is 24.3 Å². The fourth-order valence-corrected chi connectivity index (χ4v) is 2.56. The Labute approximate surface area is 162 Å². The van der Waals surface area contributed by atoms with E-state index in [1.165, 1.54) is 50.2 Å². The van der Waals surface area contributed by atoms with Crippen LogP contribution < -0.4 is 0 Å². The molecule has 0 spiro atoms. The second-order valence-corrected chi connectivity index (χ2v) is 6.19. The summed E-state index contributed by atoms with van der Waals surface area (Å²) in [6, 6.07) is 10.8. The third kappa shape index (κ3) is 6.26. The molecule has 0 fully saturated rings. The van der Waals surface area contributed by atoms with Gasteiger partial charge in [0.1, 0.15) is 18.2 Å². The Morgan fingerprint density at radius 1 is 0.964 bits per heavy atom. The number of nitrogens with zero attached hydrogens (tertiary/aromatic N) is 1. The van der Waals surface area contributed by atoms with Crippen molar-refractivity contribution in [3.05, 3.63) is 71.3 Å². The molecule has 148 valence electrons. The van der Waals surface area contributed by atoms with Gasteiger partial charge in [0.05, 0.1) is 11.8 Å². The molecular formula is C21H21F2NO4. The van der Waals surface area contributed by atoms with Crippen LogP contribution in [0.25, 0.3) is 0 Å². The van der Waals surface area contributed by atoms with Crippen molar-refractivity contribution in [2.45, 2.75) is 32.9 Å². The van der Waals surface area contributed by atoms with E-state index in [9.17, 15) is 18.4 Å². The van der Waals surface area contributed by atoms with Crippen molar-refractivity contribution in [3.8, 4) is 0 Å². The van der Waals surface area contributed by atoms with Crippen LogP contribution in [0.3, 0.4) is 0 Å². The molecule has 2 aromatic carbocycles. The topological polar surface area (TPSA) is 65.0 Å². The molecule has 2 atom stereocenters. The molecule has 0 N–H and O–H groups in total. The Balaban J connectivity index is 2.46. The van der Waals surface area contributed by atoms with Crippen LogP contribution in [-0.4, -0.2) is 36.4 Å². The summed E-state index contributed by atoms with van der Waals surface area (Å²) >= 11 is 0. The molecule has 0 aliphatic heterocycles. The van der Waals surface area contributed by atoms with E-state index in [0.29, 0.717) is 16.8 Å². The molecule has 0 saturated carbocycles. The summed E-state index contributed by atoms with van der Waals surface area (Å²) in [5.41, 5.74) is 1.20. The molecule has 0 radical (unpaired) electrons. The lowest BCUT2D eigenvalue weighted by atomic mass is 10.0. The number of carbonyl (C=O) groups excluding carboxylic acids is 2. The molecule has 2 aromatic rings. The Morgan fingerprint density at radius 2 is 1.50 bits per heavy atom. The van der Waals surface area contributed by atoms with Gasteiger partial charge in [0, 0.05) is 25.0 Å². The van der Waals surface area contributed by atoms with Gasteiger partial charge >= 0.3 is 11.9 Å². The summed E-state index contributed by atoms with van der Waals surface area (Å²) in [5.74, 6) is -2.02. The molecule has 0 aromatic heterocycles. The zero-order valence-electron chi connectivity index (χ0n) is 15.8. The maximum atomic E-state index is 13.7. The Hall–Kier alpha value is -3.09. The Kier molecular flexibility index (Phi) is 7.37. The van der Waals surface area contributed by atoms with Crippen molar-refractivity contribution >= 4 is 17.7 Å². The van der Waals surface area contributed by atoms with Gasteiger partial charge in [-0.2, -0.15) is 0 Å². The SMILES string of the molecule is CC(=O)OC[C@@H](OC(C)=O)[C@H](C)N=C(c1cccc(F)c1)c1cccc(F)c1. The number of hydrogen-bond donors (Lipinski definition) is 0. The first-order chi connectivity index (χ1) is 13.3. The van der Waals surface area contributed by atoms with Gasteiger partial charge in [-0.05, 0) is 31.2 Å². The van der Waals surface area contributed by atoms with E-state index in [4.69, 9.17) is 9.47 Å². The van der Waals surface area contributed by atoms with Crippen LogP contribution in [0.15, 0.2) is 53.5 Å². The van der Waals surface area contributed by atoms with Crippen LogP contribution in [0.2, 0.25) is 0 Å². The van der Waals surface area contributed by atoms with Gasteiger partial charge in [0.25, 0.3) is 0 Å². The molecule has 0 aliphatic carbocycles. The quantitative estimate of drug-likeness (QED) is 0.535. The zero-order chi connectivity index (χ0) is 20.7. The number of benzene rings is 2. The number of rotatable bonds is 7. The van der Waals surface area contributed by atoms with E-state index in [0.717, 1.165) is 0 Å². The third-order valence-corrected chi connectivity index (χ3v) is 3.84. The number of carbonyl (C=O) groups is 2. The summed E-state index contributed by atoms with van der Waals surface area (Å²) in [4.78, 5) is 27.1. The minimum absolute atomic E-state index is 0.181. The first-order valence-electron chi connectivity index (χ1n) is 8.66. The highest BCUT2D eigenvalue weighted by Gasteiger charge is 2.23. The maximum absolute atomic E-state index is 13.7. The van der Waals surface area contributed by atoms with Crippen molar-refractivity contribution in [2.75, 3.05) is 6.61 Å². The summed E-state index contributed by atoms with van der Waals surface area (Å²) < 4.78 is 37.7. The van der Waals surface area contributed by atoms with Crippen molar-refractivity contribution in [1.29, 1.82) is 0 Å². The second-order valence-electron chi connectivity index (χ2n) is 6.19. The summed E-state index contributed by atoms with van der Waals surface area (Å²) in [6.45, 7) is 3.95. The number of ether oxygens (including phenoxy) is 2. The van der Waals surface area contributed by atoms with Gasteiger partial charge in [-0.3, -0.25) is 14.6 Å². The maximum Gasteiger partial charge on any atom is 0.303 e. The molecular weight excluding hydrogens is 368 g/mol. The molecule has 0 unspecified atom stereocenters. The minimum Gasteiger partial charge on any atom is -0.462 e. The van der Waals surface area contributed by atoms with Crippen LogP contribution in [-0.2, 0) is 19.1 Å². The van der Waals surface area contributed by atoms with Crippen molar-refractivity contribution in [3.63, 3.8) is 0 Å². The van der Waals surface area contributed by atoms with Gasteiger partial charge < -0.3 is 9.47 Å². The lowest BCUT2D eigenvalue weighted by molar-refractivity contribution is -0.157. The first kappa shape index (κ1) is 21.2. The average molecular weight is 389 g/mol. The van der Waals surface area contributed by atoms with Gasteiger partial charge in [0.15, 0.2) is 6.10 Å². The molecule has 5 nitrogen and oxygen atoms in total. The van der Waals surface area contributed by atoms with Crippen LogP contribution in [0.1, 0.15) is 31.9 Å². The van der Waals surface area contributed by atoms with Crippen LogP contribution in [0.5, 0.6) is 0 Å². The van der Waals surface area contributed by atoms with Gasteiger partial charge in [-0.25, -0.2) is 8.78 Å². The highest BCUT2D eigenvalue weighted by Crippen LogP contribution is 2.17. The predicted molar refractivity (Wildman–Crippen MR) is 100 cm³/mol. The lowest BCUT2D eigenvalue weighted by Crippen LogP contribution is -2.33. The molecule has 7 heteroatoms. The van der Waals surface area contributed by atoms with E-state index < -0.39 is 35.7 Å². The van der Waals surface area contributed by atoms with Crippen molar-refractivity contribution in [1.82, 2.24) is 0 Å². The largest absolute Gasteiger partial charge is 0.462 e. The Morgan fingerprint density at radius 3 is 1.93 bits per heavy atom. The Bertz CT molecular complexity index is 835. The fourth-order valence-electron chi connectivity index (χ4n) is 2.56. The number of esters is 2. The van der Waals surface area contributed by atoms with E-state index in [1.807, 2.05) is 0 Å². The molecule has 0 aliphatic rings. The second kappa shape index (κ2) is 9.73. The minimum atomic E-state index is -0.849. The van der Waals surface area contributed by atoms with Gasteiger partial charge in [-0.15, -0.1) is 0 Å². The fraction of sp³-hybridized carbons (Fsp3) is 0.286. The number of halogens is 2. The summed E-state index contributed by atoms with van der Waals surface area (Å²) in [7, 11) is 0. The molecule has 0 heterocycles. The summed E-state index contributed by atoms with van der Waals surface area (Å²) in [5, 5.41) is 0. The third-order valence-electron chi connectivity index (χ3n) is 3.84. The van der Waals surface area contributed by atoms with E-state index in [2.05, 4.69) is 4.99 Å². The van der Waals surface area contributed by atoms with Crippen molar-refractivity contribution < 1.29 is 27.8 Å². The molecule has 0 bridgehead atoms. The van der Waals surface area contributed by atoms with E-state index in [-0.39, 0.29) is 6.61 Å². The molecule has 0 amide bonds. The van der Waals surface area contributed by atoms with Crippen LogP contribution >= 0.6 is 0 Å². The van der Waals surface area contributed by atoms with Gasteiger partial charge in [0.2, 0.25) is 0 Å². The highest BCUT2D eigenvalue weighted by atomic mass is 19.1. The predicted octanol–water partition coefficient (Wildman–Crippen LogP) is 3.69. The zero-order valence-corrected chi connectivity index (χ0v) is 15.8. The van der Waals surface area contributed by atoms with Crippen LogP contribution in [0.4, 0.5) is 8.78 Å². The smallest absolute Gasteiger partial charge is 0.303 e. The molecule has 2 rings (SSSR count). The molecule has 0 saturated heterocycles. The standard InChI is InChI=1S/C21H21F2NO4/c1-13(20(28-15(3)26)12-27-14(2)25)24-21(16-6-4-8-18(22)10-16)17-7-5-9-19(23)11-17/h4-11,13,20H,12H2,1-3H3/t13-,20+/m0/s1. The van der Waals surface area contributed by atoms with Crippen LogP contribution in [0, 0.1) is 11.6 Å². The average Bonchev–Trinajstić information content (AvgIpc) is 2.62. The van der Waals surface area contributed by atoms with E-state index >= 15 is 0 Å².